The van der Waals surface area contributed by atoms with Crippen molar-refractivity contribution >= 4 is 15.9 Å². The normalized spacial score (nSPS) is 31.4. The summed E-state index contributed by atoms with van der Waals surface area (Å²) in [5, 5.41) is 3.17. The van der Waals surface area contributed by atoms with Crippen LogP contribution >= 0.6 is 0 Å². The van der Waals surface area contributed by atoms with Gasteiger partial charge in [-0.3, -0.25) is 4.79 Å². The molecule has 2 aliphatic rings. The first-order chi connectivity index (χ1) is 10.8. The summed E-state index contributed by atoms with van der Waals surface area (Å²) in [6.45, 7) is 5.10. The van der Waals surface area contributed by atoms with Gasteiger partial charge in [-0.05, 0) is 32.1 Å². The zero-order valence-electron chi connectivity index (χ0n) is 14.7. The summed E-state index contributed by atoms with van der Waals surface area (Å²) in [4.78, 5) is 12.6. The number of rotatable bonds is 6. The second kappa shape index (κ2) is 7.07. The Labute approximate surface area is 140 Å². The lowest BCUT2D eigenvalue weighted by molar-refractivity contribution is -0.144. The fourth-order valence-corrected chi connectivity index (χ4v) is 5.14. The Balaban J connectivity index is 1.99. The Morgan fingerprint density at radius 3 is 2.52 bits per heavy atom. The Morgan fingerprint density at radius 1 is 1.35 bits per heavy atom. The molecule has 1 saturated heterocycles. The predicted octanol–water partition coefficient (Wildman–Crippen LogP) is 1.37. The highest BCUT2D eigenvalue weighted by molar-refractivity contribution is 7.88. The lowest BCUT2D eigenvalue weighted by Gasteiger charge is -2.55. The van der Waals surface area contributed by atoms with E-state index in [0.29, 0.717) is 13.1 Å². The van der Waals surface area contributed by atoms with Gasteiger partial charge in [0.1, 0.15) is 0 Å². The number of ether oxygens (including phenoxy) is 1. The summed E-state index contributed by atoms with van der Waals surface area (Å²) < 4.78 is 30.4. The highest BCUT2D eigenvalue weighted by atomic mass is 32.2. The number of amides is 1. The number of carbonyl (C=O) groups is 1. The van der Waals surface area contributed by atoms with Crippen molar-refractivity contribution in [3.8, 4) is 0 Å². The third kappa shape index (κ3) is 3.56. The quantitative estimate of drug-likeness (QED) is 0.788. The van der Waals surface area contributed by atoms with Gasteiger partial charge < -0.3 is 10.1 Å². The number of nitrogens with zero attached hydrogens (tertiary/aromatic N) is 1. The van der Waals surface area contributed by atoms with E-state index in [9.17, 15) is 13.2 Å². The van der Waals surface area contributed by atoms with Gasteiger partial charge in [0.2, 0.25) is 15.9 Å². The molecule has 2 rings (SSSR count). The van der Waals surface area contributed by atoms with Crippen molar-refractivity contribution in [3.63, 3.8) is 0 Å². The van der Waals surface area contributed by atoms with Crippen molar-refractivity contribution in [2.75, 3.05) is 26.5 Å². The van der Waals surface area contributed by atoms with Crippen LogP contribution in [0.15, 0.2) is 0 Å². The van der Waals surface area contributed by atoms with E-state index in [1.54, 1.807) is 7.11 Å². The lowest BCUT2D eigenvalue weighted by atomic mass is 9.58. The van der Waals surface area contributed by atoms with Crippen LogP contribution in [-0.4, -0.2) is 57.2 Å². The Hall–Kier alpha value is -0.660. The highest BCUT2D eigenvalue weighted by Crippen LogP contribution is 2.48. The molecule has 0 aromatic heterocycles. The molecule has 1 amide bonds. The van der Waals surface area contributed by atoms with E-state index in [4.69, 9.17) is 4.74 Å². The van der Waals surface area contributed by atoms with Crippen LogP contribution in [0.1, 0.15) is 46.0 Å². The SMILES string of the molecule is CCC1(CC)[C@@H](OC)C[C@H]1NC(=O)[C@H]1CCCN(S(C)(=O)=O)C1. The first kappa shape index (κ1) is 18.7. The van der Waals surface area contributed by atoms with Gasteiger partial charge in [0, 0.05) is 31.7 Å². The molecule has 1 aliphatic heterocycles. The molecular formula is C16H30N2O4S. The minimum Gasteiger partial charge on any atom is -0.381 e. The molecule has 2 fully saturated rings. The average Bonchev–Trinajstić information content (AvgIpc) is 2.51. The summed E-state index contributed by atoms with van der Waals surface area (Å²) in [6.07, 6.45) is 5.67. The van der Waals surface area contributed by atoms with E-state index in [2.05, 4.69) is 19.2 Å². The predicted molar refractivity (Wildman–Crippen MR) is 89.5 cm³/mol. The van der Waals surface area contributed by atoms with E-state index in [-0.39, 0.29) is 29.4 Å². The van der Waals surface area contributed by atoms with Gasteiger partial charge in [-0.25, -0.2) is 12.7 Å². The highest BCUT2D eigenvalue weighted by Gasteiger charge is 2.53. The number of piperidine rings is 1. The topological polar surface area (TPSA) is 75.7 Å². The van der Waals surface area contributed by atoms with Crippen molar-refractivity contribution in [3.05, 3.63) is 0 Å². The molecular weight excluding hydrogens is 316 g/mol. The molecule has 134 valence electrons. The van der Waals surface area contributed by atoms with E-state index < -0.39 is 10.0 Å². The van der Waals surface area contributed by atoms with Crippen molar-refractivity contribution in [2.24, 2.45) is 11.3 Å². The summed E-state index contributed by atoms with van der Waals surface area (Å²) in [5.41, 5.74) is 0.00952. The van der Waals surface area contributed by atoms with Crippen LogP contribution in [0.3, 0.4) is 0 Å². The fourth-order valence-electron chi connectivity index (χ4n) is 4.23. The molecule has 0 unspecified atom stereocenters. The van der Waals surface area contributed by atoms with Gasteiger partial charge in [0.05, 0.1) is 18.3 Å². The van der Waals surface area contributed by atoms with Gasteiger partial charge in [-0.1, -0.05) is 13.8 Å². The average molecular weight is 346 g/mol. The maximum Gasteiger partial charge on any atom is 0.224 e. The molecule has 6 nitrogen and oxygen atoms in total. The molecule has 3 atom stereocenters. The molecule has 0 aromatic rings. The molecule has 1 aliphatic carbocycles. The van der Waals surface area contributed by atoms with Gasteiger partial charge in [-0.15, -0.1) is 0 Å². The maximum absolute atomic E-state index is 12.6. The first-order valence-electron chi connectivity index (χ1n) is 8.56. The Bertz CT molecular complexity index is 530. The lowest BCUT2D eigenvalue weighted by Crippen LogP contribution is -2.65. The molecule has 0 radical (unpaired) electrons. The summed E-state index contributed by atoms with van der Waals surface area (Å²) in [5.74, 6) is -0.254. The molecule has 0 spiro atoms. The minimum atomic E-state index is -3.22. The van der Waals surface area contributed by atoms with Crippen molar-refractivity contribution in [1.82, 2.24) is 9.62 Å². The van der Waals surface area contributed by atoms with Gasteiger partial charge >= 0.3 is 0 Å². The molecule has 1 saturated carbocycles. The summed E-state index contributed by atoms with van der Waals surface area (Å²) in [7, 11) is -1.49. The third-order valence-electron chi connectivity index (χ3n) is 5.93. The van der Waals surface area contributed by atoms with Crippen molar-refractivity contribution in [1.29, 1.82) is 0 Å². The van der Waals surface area contributed by atoms with Gasteiger partial charge in [0.25, 0.3) is 0 Å². The third-order valence-corrected chi connectivity index (χ3v) is 7.20. The van der Waals surface area contributed by atoms with Crippen LogP contribution in [0.25, 0.3) is 0 Å². The number of hydrogen-bond donors (Lipinski definition) is 1. The molecule has 0 bridgehead atoms. The fraction of sp³-hybridized carbons (Fsp3) is 0.938. The number of carbonyl (C=O) groups excluding carboxylic acids is 1. The number of sulfonamides is 1. The molecule has 7 heteroatoms. The Kier molecular flexibility index (Phi) is 5.74. The second-order valence-corrected chi connectivity index (χ2v) is 8.90. The van der Waals surface area contributed by atoms with Crippen LogP contribution in [0.5, 0.6) is 0 Å². The smallest absolute Gasteiger partial charge is 0.224 e. The number of methoxy groups -OCH3 is 1. The molecule has 1 N–H and O–H groups in total. The monoisotopic (exact) mass is 346 g/mol. The van der Waals surface area contributed by atoms with Crippen LogP contribution in [0, 0.1) is 11.3 Å². The molecule has 1 heterocycles. The minimum absolute atomic E-state index is 0.00952. The van der Waals surface area contributed by atoms with Crippen LogP contribution < -0.4 is 5.32 Å². The first-order valence-corrected chi connectivity index (χ1v) is 10.4. The zero-order valence-corrected chi connectivity index (χ0v) is 15.5. The largest absolute Gasteiger partial charge is 0.381 e. The van der Waals surface area contributed by atoms with E-state index in [1.165, 1.54) is 10.6 Å². The van der Waals surface area contributed by atoms with Crippen LogP contribution in [0.4, 0.5) is 0 Å². The van der Waals surface area contributed by atoms with Crippen molar-refractivity contribution < 1.29 is 17.9 Å². The second-order valence-electron chi connectivity index (χ2n) is 6.92. The van der Waals surface area contributed by atoms with Crippen LogP contribution in [-0.2, 0) is 19.6 Å². The van der Waals surface area contributed by atoms with Gasteiger partial charge in [0.15, 0.2) is 0 Å². The number of nitrogens with one attached hydrogen (secondary N) is 1. The standard InChI is InChI=1S/C16H30N2O4S/c1-5-16(6-2)13(10-14(16)22-3)17-15(19)12-8-7-9-18(11-12)23(4,20)21/h12-14H,5-11H2,1-4H3,(H,17,19)/t12-,13+,14-/m0/s1. The summed E-state index contributed by atoms with van der Waals surface area (Å²) >= 11 is 0. The maximum atomic E-state index is 12.6. The molecule has 0 aromatic carbocycles. The number of hydrogen-bond acceptors (Lipinski definition) is 4. The van der Waals surface area contributed by atoms with Crippen molar-refractivity contribution in [2.45, 2.75) is 58.1 Å². The Morgan fingerprint density at radius 2 is 2.00 bits per heavy atom. The van der Waals surface area contributed by atoms with E-state index in [1.807, 2.05) is 0 Å². The van der Waals surface area contributed by atoms with E-state index >= 15 is 0 Å². The zero-order chi connectivity index (χ0) is 17.3. The van der Waals surface area contributed by atoms with Gasteiger partial charge in [-0.2, -0.15) is 0 Å². The van der Waals surface area contributed by atoms with Crippen LogP contribution in [0.2, 0.25) is 0 Å². The van der Waals surface area contributed by atoms with E-state index in [0.717, 1.165) is 32.1 Å². The molecule has 23 heavy (non-hydrogen) atoms. The summed E-state index contributed by atoms with van der Waals surface area (Å²) in [6, 6.07) is 0.128.